The number of fused-ring (bicyclic) bond motifs is 1. The number of nitrogens with two attached hydrogens (primary N) is 1. The number of thioether (sulfide) groups is 1. The largest absolute Gasteiger partial charge is 0.485 e. The second kappa shape index (κ2) is 11.0. The normalized spacial score (nSPS) is 21.1. The van der Waals surface area contributed by atoms with Gasteiger partial charge in [-0.25, -0.2) is 23.7 Å². The average molecular weight is 636 g/mol. The van der Waals surface area contributed by atoms with Gasteiger partial charge in [0.15, 0.2) is 22.6 Å². The first-order valence-electron chi connectivity index (χ1n) is 11.8. The highest BCUT2D eigenvalue weighted by molar-refractivity contribution is 9.10. The summed E-state index contributed by atoms with van der Waals surface area (Å²) in [7, 11) is 1.59. The van der Waals surface area contributed by atoms with E-state index in [1.807, 2.05) is 18.4 Å². The Labute approximate surface area is 240 Å². The van der Waals surface area contributed by atoms with Gasteiger partial charge in [-0.2, -0.15) is 0 Å². The number of halogens is 3. The van der Waals surface area contributed by atoms with Crippen LogP contribution < -0.4 is 15.8 Å². The number of pyridine rings is 2. The quantitative estimate of drug-likeness (QED) is 0.225. The van der Waals surface area contributed by atoms with E-state index in [-0.39, 0.29) is 5.56 Å². The molecular weight excluding hydrogens is 610 g/mol. The van der Waals surface area contributed by atoms with Gasteiger partial charge in [-0.3, -0.25) is 4.99 Å². The molecule has 0 unspecified atom stereocenters. The van der Waals surface area contributed by atoms with E-state index in [9.17, 15) is 4.39 Å². The number of hydrogen-bond donors (Lipinski definition) is 2. The first-order valence-corrected chi connectivity index (χ1v) is 14.3. The summed E-state index contributed by atoms with van der Waals surface area (Å²) in [5, 5.41) is 6.87. The van der Waals surface area contributed by atoms with Gasteiger partial charge in [0.05, 0.1) is 18.3 Å². The van der Waals surface area contributed by atoms with E-state index in [1.165, 1.54) is 23.1 Å². The molecule has 13 heteroatoms. The molecule has 39 heavy (non-hydrogen) atoms. The number of thiazole rings is 1. The summed E-state index contributed by atoms with van der Waals surface area (Å²) in [4.78, 5) is 17.7. The molecule has 5 rings (SSSR count). The van der Waals surface area contributed by atoms with Crippen molar-refractivity contribution in [1.82, 2.24) is 15.0 Å². The van der Waals surface area contributed by atoms with E-state index in [0.717, 1.165) is 21.1 Å². The number of benzene rings is 1. The number of aromatic nitrogens is 3. The molecule has 3 N–H and O–H groups in total. The summed E-state index contributed by atoms with van der Waals surface area (Å²) in [5.74, 6) is -1.02. The molecule has 0 aliphatic carbocycles. The molecule has 4 heterocycles. The standard InChI is InChI=1S/C26H25BrF2N6O2S2/c1-25(13-36-3)12-26(2,35-24(30)39-25)17-7-15(8-18(28)21(17)29)33-23-22-14(4-5-31-23)6-16(9-32-22)37-10-20-34-19(27)11-38-20/h4-9,11H,10,12-13H2,1-3H3,(H2,30,35)(H,31,33)/t25-,26+/m1/s1. The van der Waals surface area contributed by atoms with Crippen LogP contribution in [0.1, 0.15) is 30.8 Å². The fraction of sp³-hybridized carbons (Fsp3) is 0.308. The van der Waals surface area contributed by atoms with Crippen LogP contribution in [0.2, 0.25) is 0 Å². The summed E-state index contributed by atoms with van der Waals surface area (Å²) in [6, 6.07) is 6.27. The molecule has 0 amide bonds. The van der Waals surface area contributed by atoms with Gasteiger partial charge in [-0.1, -0.05) is 11.8 Å². The Morgan fingerprint density at radius 1 is 1.21 bits per heavy atom. The van der Waals surface area contributed by atoms with Gasteiger partial charge in [0, 0.05) is 46.1 Å². The number of nitrogens with zero attached hydrogens (tertiary/aromatic N) is 4. The van der Waals surface area contributed by atoms with Crippen LogP contribution in [0, 0.1) is 11.6 Å². The van der Waals surface area contributed by atoms with E-state index < -0.39 is 21.9 Å². The number of ether oxygens (including phenoxy) is 2. The first-order chi connectivity index (χ1) is 18.6. The zero-order chi connectivity index (χ0) is 27.8. The lowest BCUT2D eigenvalue weighted by atomic mass is 9.83. The van der Waals surface area contributed by atoms with Crippen molar-refractivity contribution in [2.75, 3.05) is 19.0 Å². The molecule has 2 atom stereocenters. The van der Waals surface area contributed by atoms with Crippen molar-refractivity contribution in [1.29, 1.82) is 0 Å². The third-order valence-electron chi connectivity index (χ3n) is 6.21. The van der Waals surface area contributed by atoms with Gasteiger partial charge in [0.25, 0.3) is 0 Å². The highest BCUT2D eigenvalue weighted by Gasteiger charge is 2.44. The van der Waals surface area contributed by atoms with E-state index in [0.29, 0.717) is 47.6 Å². The number of rotatable bonds is 8. The minimum atomic E-state index is -1.10. The maximum atomic E-state index is 15.2. The van der Waals surface area contributed by atoms with Crippen LogP contribution in [0.25, 0.3) is 10.9 Å². The first kappa shape index (κ1) is 27.7. The molecule has 0 fully saturated rings. The molecule has 204 valence electrons. The second-order valence-corrected chi connectivity index (χ2v) is 12.9. The second-order valence-electron chi connectivity index (χ2n) is 9.59. The maximum Gasteiger partial charge on any atom is 0.164 e. The van der Waals surface area contributed by atoms with Crippen molar-refractivity contribution in [2.24, 2.45) is 10.7 Å². The lowest BCUT2D eigenvalue weighted by Crippen LogP contribution is -2.43. The van der Waals surface area contributed by atoms with Crippen LogP contribution in [-0.2, 0) is 16.9 Å². The van der Waals surface area contributed by atoms with E-state index in [2.05, 4.69) is 41.2 Å². The lowest BCUT2D eigenvalue weighted by molar-refractivity contribution is 0.157. The van der Waals surface area contributed by atoms with Crippen molar-refractivity contribution >= 4 is 66.6 Å². The van der Waals surface area contributed by atoms with Crippen molar-refractivity contribution in [3.63, 3.8) is 0 Å². The van der Waals surface area contributed by atoms with Crippen LogP contribution in [0.5, 0.6) is 5.75 Å². The summed E-state index contributed by atoms with van der Waals surface area (Å²) in [6.07, 6.45) is 3.59. The van der Waals surface area contributed by atoms with Crippen LogP contribution in [0.15, 0.2) is 51.6 Å². The predicted molar refractivity (Wildman–Crippen MR) is 155 cm³/mol. The van der Waals surface area contributed by atoms with Gasteiger partial charge < -0.3 is 20.5 Å². The van der Waals surface area contributed by atoms with Crippen LogP contribution in [0.4, 0.5) is 20.3 Å². The van der Waals surface area contributed by atoms with E-state index >= 15 is 4.39 Å². The third kappa shape index (κ3) is 6.01. The SMILES string of the molecule is COC[C@@]1(C)C[C@@](C)(c2cc(Nc3nccc4cc(OCc5nc(Br)cs5)cnc34)cc(F)c2F)N=C(N)S1. The third-order valence-corrected chi connectivity index (χ3v) is 8.79. The lowest BCUT2D eigenvalue weighted by Gasteiger charge is -2.41. The minimum absolute atomic E-state index is 0.0910. The fourth-order valence-electron chi connectivity index (χ4n) is 4.76. The Morgan fingerprint density at radius 3 is 2.77 bits per heavy atom. The topological polar surface area (TPSA) is 108 Å². The summed E-state index contributed by atoms with van der Waals surface area (Å²) >= 11 is 6.19. The monoisotopic (exact) mass is 634 g/mol. The molecule has 1 aliphatic heterocycles. The van der Waals surface area contributed by atoms with Crippen LogP contribution in [-0.4, -0.2) is 38.6 Å². The summed E-state index contributed by atoms with van der Waals surface area (Å²) in [6.45, 7) is 4.41. The number of hydrogen-bond acceptors (Lipinski definition) is 10. The Morgan fingerprint density at radius 2 is 2.03 bits per heavy atom. The molecule has 0 saturated heterocycles. The fourth-order valence-corrected chi connectivity index (χ4v) is 7.22. The van der Waals surface area contributed by atoms with Crippen molar-refractivity contribution < 1.29 is 18.3 Å². The number of aliphatic imine (C=N–C) groups is 1. The van der Waals surface area contributed by atoms with E-state index in [1.54, 1.807) is 38.6 Å². The summed E-state index contributed by atoms with van der Waals surface area (Å²) < 4.78 is 41.6. The molecule has 0 radical (unpaired) electrons. The molecule has 8 nitrogen and oxygen atoms in total. The zero-order valence-corrected chi connectivity index (χ0v) is 24.5. The Kier molecular flexibility index (Phi) is 7.77. The number of methoxy groups -OCH3 is 1. The van der Waals surface area contributed by atoms with Gasteiger partial charge in [0.1, 0.15) is 27.5 Å². The predicted octanol–water partition coefficient (Wildman–Crippen LogP) is 6.52. The highest BCUT2D eigenvalue weighted by Crippen LogP contribution is 2.46. The Balaban J connectivity index is 1.44. The van der Waals surface area contributed by atoms with Crippen LogP contribution in [0.3, 0.4) is 0 Å². The molecule has 0 spiro atoms. The van der Waals surface area contributed by atoms with Crippen molar-refractivity contribution in [3.05, 3.63) is 68.8 Å². The Bertz CT molecular complexity index is 1570. The van der Waals surface area contributed by atoms with Gasteiger partial charge >= 0.3 is 0 Å². The number of nitrogens with one attached hydrogen (secondary N) is 1. The minimum Gasteiger partial charge on any atom is -0.485 e. The van der Waals surface area contributed by atoms with Gasteiger partial charge in [0.2, 0.25) is 0 Å². The van der Waals surface area contributed by atoms with Crippen molar-refractivity contribution in [3.8, 4) is 5.75 Å². The Hall–Kier alpha value is -2.87. The van der Waals surface area contributed by atoms with E-state index in [4.69, 9.17) is 15.2 Å². The molecular formula is C26H25BrF2N6O2S2. The van der Waals surface area contributed by atoms with Gasteiger partial charge in [-0.05, 0) is 54.4 Å². The summed E-state index contributed by atoms with van der Waals surface area (Å²) in [5.41, 5.74) is 5.97. The van der Waals surface area contributed by atoms with Crippen LogP contribution >= 0.6 is 39.0 Å². The molecule has 0 saturated carbocycles. The zero-order valence-electron chi connectivity index (χ0n) is 21.3. The molecule has 4 aromatic rings. The van der Waals surface area contributed by atoms with Crippen molar-refractivity contribution in [2.45, 2.75) is 37.2 Å². The highest BCUT2D eigenvalue weighted by atomic mass is 79.9. The average Bonchev–Trinajstić information content (AvgIpc) is 3.29. The molecule has 1 aromatic carbocycles. The number of amidine groups is 1. The molecule has 3 aromatic heterocycles. The number of anilines is 2. The molecule has 1 aliphatic rings. The molecule has 0 bridgehead atoms. The van der Waals surface area contributed by atoms with Gasteiger partial charge in [-0.15, -0.1) is 11.3 Å². The smallest absolute Gasteiger partial charge is 0.164 e. The maximum absolute atomic E-state index is 15.2.